The van der Waals surface area contributed by atoms with Gasteiger partial charge in [-0.05, 0) is 54.8 Å². The number of hydrogen-bond donors (Lipinski definition) is 1. The zero-order valence-corrected chi connectivity index (χ0v) is 27.6. The number of amides is 2. The number of methoxy groups -OCH3 is 3. The summed E-state index contributed by atoms with van der Waals surface area (Å²) in [6.45, 7) is 3.40. The fourth-order valence-corrected chi connectivity index (χ4v) is 6.37. The Morgan fingerprint density at radius 1 is 0.886 bits per heavy atom. The van der Waals surface area contributed by atoms with Crippen LogP contribution in [0.4, 0.5) is 5.69 Å². The molecule has 3 aromatic carbocycles. The van der Waals surface area contributed by atoms with Crippen molar-refractivity contribution < 1.29 is 32.2 Å². The molecule has 0 radical (unpaired) electrons. The Morgan fingerprint density at radius 3 is 2.16 bits per heavy atom. The van der Waals surface area contributed by atoms with E-state index in [0.29, 0.717) is 29.3 Å². The molecule has 44 heavy (non-hydrogen) atoms. The Labute approximate surface area is 268 Å². The minimum Gasteiger partial charge on any atom is -0.495 e. The van der Waals surface area contributed by atoms with E-state index in [9.17, 15) is 18.0 Å². The molecule has 10 nitrogen and oxygen atoms in total. The second-order valence-electron chi connectivity index (χ2n) is 9.67. The maximum atomic E-state index is 14.3. The molecule has 0 aliphatic carbocycles. The standard InChI is InChI=1S/C31H37Cl2N3O7S/c1-6-16-34-31(38)25(7-2)35(19-21-10-8-9-11-24(21)33)30(37)20-36(26-17-22(32)12-14-27(26)41-3)44(39,40)23-13-15-28(42-4)29(18-23)43-5/h8-15,17-18,25H,6-7,16,19-20H2,1-5H3,(H,34,38)/t25-/m1/s1. The summed E-state index contributed by atoms with van der Waals surface area (Å²) in [5, 5.41) is 3.47. The first-order valence-corrected chi connectivity index (χ1v) is 16.1. The number of sulfonamides is 1. The summed E-state index contributed by atoms with van der Waals surface area (Å²) in [5.74, 6) is -0.336. The van der Waals surface area contributed by atoms with Crippen LogP contribution in [-0.2, 0) is 26.2 Å². The number of carbonyl (C=O) groups is 2. The van der Waals surface area contributed by atoms with Crippen LogP contribution in [0.2, 0.25) is 10.0 Å². The topological polar surface area (TPSA) is 114 Å². The zero-order valence-electron chi connectivity index (χ0n) is 25.3. The van der Waals surface area contributed by atoms with E-state index in [4.69, 9.17) is 37.4 Å². The predicted octanol–water partition coefficient (Wildman–Crippen LogP) is 5.55. The van der Waals surface area contributed by atoms with Crippen LogP contribution in [-0.4, -0.2) is 65.6 Å². The number of carbonyl (C=O) groups excluding carboxylic acids is 2. The van der Waals surface area contributed by atoms with Crippen LogP contribution in [0.5, 0.6) is 17.2 Å². The van der Waals surface area contributed by atoms with Gasteiger partial charge in [0.15, 0.2) is 11.5 Å². The molecule has 0 aromatic heterocycles. The van der Waals surface area contributed by atoms with Crippen LogP contribution in [0.3, 0.4) is 0 Å². The summed E-state index contributed by atoms with van der Waals surface area (Å²) in [6.07, 6.45) is 0.973. The third-order valence-corrected chi connectivity index (χ3v) is 9.22. The minimum atomic E-state index is -4.45. The second kappa shape index (κ2) is 15.9. The molecule has 13 heteroatoms. The van der Waals surface area contributed by atoms with Crippen molar-refractivity contribution in [3.8, 4) is 17.2 Å². The number of nitrogens with one attached hydrogen (secondary N) is 1. The molecule has 238 valence electrons. The highest BCUT2D eigenvalue weighted by Gasteiger charge is 2.35. The first-order chi connectivity index (χ1) is 21.0. The Balaban J connectivity index is 2.18. The molecule has 0 aliphatic heterocycles. The van der Waals surface area contributed by atoms with E-state index >= 15 is 0 Å². The highest BCUT2D eigenvalue weighted by Crippen LogP contribution is 2.37. The van der Waals surface area contributed by atoms with Crippen LogP contribution in [0, 0.1) is 0 Å². The Bertz CT molecular complexity index is 1570. The van der Waals surface area contributed by atoms with Gasteiger partial charge in [-0.1, -0.05) is 55.2 Å². The number of benzene rings is 3. The minimum absolute atomic E-state index is 0.0318. The van der Waals surface area contributed by atoms with Crippen molar-refractivity contribution >= 4 is 50.7 Å². The number of hydrogen-bond acceptors (Lipinski definition) is 7. The molecule has 0 saturated heterocycles. The molecule has 2 amide bonds. The Morgan fingerprint density at radius 2 is 1.55 bits per heavy atom. The number of ether oxygens (including phenoxy) is 3. The van der Waals surface area contributed by atoms with E-state index in [0.717, 1.165) is 4.31 Å². The normalized spacial score (nSPS) is 11.8. The van der Waals surface area contributed by atoms with Crippen molar-refractivity contribution in [3.63, 3.8) is 0 Å². The second-order valence-corrected chi connectivity index (χ2v) is 12.4. The van der Waals surface area contributed by atoms with E-state index in [1.165, 1.54) is 56.6 Å². The molecule has 0 fully saturated rings. The van der Waals surface area contributed by atoms with Crippen molar-refractivity contribution in [1.82, 2.24) is 10.2 Å². The van der Waals surface area contributed by atoms with Crippen molar-refractivity contribution in [1.29, 1.82) is 0 Å². The third-order valence-electron chi connectivity index (χ3n) is 6.87. The Hall–Kier alpha value is -3.67. The number of anilines is 1. The average Bonchev–Trinajstić information content (AvgIpc) is 3.02. The fraction of sp³-hybridized carbons (Fsp3) is 0.355. The highest BCUT2D eigenvalue weighted by molar-refractivity contribution is 7.92. The van der Waals surface area contributed by atoms with Gasteiger partial charge in [0.05, 0.1) is 31.9 Å². The van der Waals surface area contributed by atoms with Gasteiger partial charge < -0.3 is 24.4 Å². The van der Waals surface area contributed by atoms with Crippen molar-refractivity contribution in [2.75, 3.05) is 38.7 Å². The summed E-state index contributed by atoms with van der Waals surface area (Å²) in [7, 11) is -0.255. The van der Waals surface area contributed by atoms with Crippen molar-refractivity contribution in [3.05, 3.63) is 76.3 Å². The van der Waals surface area contributed by atoms with E-state index in [1.807, 2.05) is 6.92 Å². The van der Waals surface area contributed by atoms with Crippen LogP contribution < -0.4 is 23.8 Å². The molecule has 0 spiro atoms. The van der Waals surface area contributed by atoms with Crippen LogP contribution in [0.15, 0.2) is 65.6 Å². The van der Waals surface area contributed by atoms with E-state index in [1.54, 1.807) is 37.3 Å². The molecule has 0 bridgehead atoms. The lowest BCUT2D eigenvalue weighted by atomic mass is 10.1. The zero-order chi connectivity index (χ0) is 32.4. The molecule has 0 aliphatic rings. The molecule has 0 heterocycles. The van der Waals surface area contributed by atoms with Gasteiger partial charge in [-0.2, -0.15) is 0 Å². The van der Waals surface area contributed by atoms with Crippen LogP contribution in [0.25, 0.3) is 0 Å². The molecular weight excluding hydrogens is 629 g/mol. The van der Waals surface area contributed by atoms with Gasteiger partial charge in [0.2, 0.25) is 11.8 Å². The quantitative estimate of drug-likeness (QED) is 0.226. The summed E-state index contributed by atoms with van der Waals surface area (Å²) in [5.41, 5.74) is 0.628. The van der Waals surface area contributed by atoms with E-state index in [2.05, 4.69) is 5.32 Å². The van der Waals surface area contributed by atoms with Gasteiger partial charge in [-0.15, -0.1) is 0 Å². The smallest absolute Gasteiger partial charge is 0.265 e. The molecule has 3 aromatic rings. The number of nitrogens with zero attached hydrogens (tertiary/aromatic N) is 2. The maximum absolute atomic E-state index is 14.3. The van der Waals surface area contributed by atoms with Gasteiger partial charge in [0.1, 0.15) is 18.3 Å². The number of halogens is 2. The first kappa shape index (κ1) is 34.8. The van der Waals surface area contributed by atoms with Crippen LogP contribution >= 0.6 is 23.2 Å². The van der Waals surface area contributed by atoms with Gasteiger partial charge in [-0.3, -0.25) is 13.9 Å². The lowest BCUT2D eigenvalue weighted by Gasteiger charge is -2.33. The molecule has 0 unspecified atom stereocenters. The lowest BCUT2D eigenvalue weighted by Crippen LogP contribution is -2.52. The summed E-state index contributed by atoms with van der Waals surface area (Å²) < 4.78 is 45.7. The lowest BCUT2D eigenvalue weighted by molar-refractivity contribution is -0.140. The first-order valence-electron chi connectivity index (χ1n) is 13.9. The SMILES string of the molecule is CCCNC(=O)[C@@H](CC)N(Cc1ccccc1Cl)C(=O)CN(c1cc(Cl)ccc1OC)S(=O)(=O)c1ccc(OC)c(OC)c1. The van der Waals surface area contributed by atoms with Crippen molar-refractivity contribution in [2.24, 2.45) is 0 Å². The largest absolute Gasteiger partial charge is 0.495 e. The fourth-order valence-electron chi connectivity index (χ4n) is 4.57. The number of rotatable bonds is 15. The monoisotopic (exact) mass is 665 g/mol. The highest BCUT2D eigenvalue weighted by atomic mass is 35.5. The predicted molar refractivity (Wildman–Crippen MR) is 171 cm³/mol. The summed E-state index contributed by atoms with van der Waals surface area (Å²) in [6, 6.07) is 14.6. The van der Waals surface area contributed by atoms with Crippen molar-refractivity contribution in [2.45, 2.75) is 44.2 Å². The van der Waals surface area contributed by atoms with Crippen LogP contribution in [0.1, 0.15) is 32.3 Å². The average molecular weight is 667 g/mol. The maximum Gasteiger partial charge on any atom is 0.265 e. The molecule has 0 saturated carbocycles. The van der Waals surface area contributed by atoms with Gasteiger partial charge >= 0.3 is 0 Å². The molecule has 1 N–H and O–H groups in total. The molecule has 3 rings (SSSR count). The van der Waals surface area contributed by atoms with E-state index < -0.39 is 28.5 Å². The molecule has 1 atom stereocenters. The molecular formula is C31H37Cl2N3O7S. The summed E-state index contributed by atoms with van der Waals surface area (Å²) >= 11 is 12.8. The summed E-state index contributed by atoms with van der Waals surface area (Å²) in [4.78, 5) is 28.7. The van der Waals surface area contributed by atoms with Gasteiger partial charge in [0.25, 0.3) is 10.0 Å². The van der Waals surface area contributed by atoms with Gasteiger partial charge in [0, 0.05) is 29.2 Å². The van der Waals surface area contributed by atoms with E-state index in [-0.39, 0.29) is 46.0 Å². The van der Waals surface area contributed by atoms with Gasteiger partial charge in [-0.25, -0.2) is 8.42 Å². The third kappa shape index (κ3) is 8.08. The Kier molecular flexibility index (Phi) is 12.6.